The fourth-order valence-corrected chi connectivity index (χ4v) is 2.03. The van der Waals surface area contributed by atoms with Crippen LogP contribution in [0, 0.1) is 6.92 Å². The number of aryl methyl sites for hydroxylation is 1. The summed E-state index contributed by atoms with van der Waals surface area (Å²) in [6.07, 6.45) is 5.34. The summed E-state index contributed by atoms with van der Waals surface area (Å²) in [6, 6.07) is 0.391. The summed E-state index contributed by atoms with van der Waals surface area (Å²) in [5, 5.41) is 8.55. The number of hydrogen-bond donors (Lipinski definition) is 1. The maximum atomic E-state index is 4.27. The highest BCUT2D eigenvalue weighted by Gasteiger charge is 2.11. The van der Waals surface area contributed by atoms with Gasteiger partial charge in [-0.3, -0.25) is 4.68 Å². The first-order chi connectivity index (χ1) is 7.56. The van der Waals surface area contributed by atoms with Crippen LogP contribution in [0.3, 0.4) is 0 Å². The molecule has 1 rings (SSSR count). The SMILES string of the molecule is CSC(C)CCNC(C)c1cnn(C)c1C. The monoisotopic (exact) mass is 241 g/mol. The molecule has 3 nitrogen and oxygen atoms in total. The first-order valence-electron chi connectivity index (χ1n) is 5.81. The van der Waals surface area contributed by atoms with Crippen LogP contribution in [0.4, 0.5) is 0 Å². The molecule has 0 radical (unpaired) electrons. The zero-order chi connectivity index (χ0) is 12.1. The van der Waals surface area contributed by atoms with E-state index in [1.807, 2.05) is 29.7 Å². The lowest BCUT2D eigenvalue weighted by Crippen LogP contribution is -2.22. The largest absolute Gasteiger partial charge is 0.310 e. The van der Waals surface area contributed by atoms with Gasteiger partial charge in [0.1, 0.15) is 0 Å². The molecule has 0 aliphatic carbocycles. The Hall–Kier alpha value is -0.480. The quantitative estimate of drug-likeness (QED) is 0.830. The van der Waals surface area contributed by atoms with Crippen molar-refractivity contribution in [2.24, 2.45) is 7.05 Å². The van der Waals surface area contributed by atoms with Crippen LogP contribution in [0.25, 0.3) is 0 Å². The minimum absolute atomic E-state index is 0.391. The van der Waals surface area contributed by atoms with E-state index in [4.69, 9.17) is 0 Å². The Morgan fingerprint density at radius 3 is 2.69 bits per heavy atom. The van der Waals surface area contributed by atoms with Crippen LogP contribution in [0.5, 0.6) is 0 Å². The summed E-state index contributed by atoms with van der Waals surface area (Å²) in [5.74, 6) is 0. The lowest BCUT2D eigenvalue weighted by Gasteiger charge is -2.15. The Morgan fingerprint density at radius 2 is 2.19 bits per heavy atom. The zero-order valence-corrected chi connectivity index (χ0v) is 11.8. The van der Waals surface area contributed by atoms with Gasteiger partial charge in [-0.25, -0.2) is 0 Å². The minimum atomic E-state index is 0.391. The van der Waals surface area contributed by atoms with E-state index >= 15 is 0 Å². The van der Waals surface area contributed by atoms with Gasteiger partial charge in [0.25, 0.3) is 0 Å². The van der Waals surface area contributed by atoms with Crippen molar-refractivity contribution in [2.75, 3.05) is 12.8 Å². The molecule has 0 fully saturated rings. The van der Waals surface area contributed by atoms with Crippen molar-refractivity contribution in [3.05, 3.63) is 17.5 Å². The Balaban J connectivity index is 2.41. The van der Waals surface area contributed by atoms with Crippen molar-refractivity contribution in [1.82, 2.24) is 15.1 Å². The second-order valence-electron chi connectivity index (χ2n) is 4.32. The van der Waals surface area contributed by atoms with Crippen molar-refractivity contribution in [3.8, 4) is 0 Å². The fourth-order valence-electron chi connectivity index (χ4n) is 1.67. The average molecular weight is 241 g/mol. The molecule has 2 atom stereocenters. The molecule has 0 aliphatic heterocycles. The molecule has 16 heavy (non-hydrogen) atoms. The molecular formula is C12H23N3S. The average Bonchev–Trinajstić information content (AvgIpc) is 2.59. The van der Waals surface area contributed by atoms with Crippen molar-refractivity contribution >= 4 is 11.8 Å². The van der Waals surface area contributed by atoms with Gasteiger partial charge in [-0.05, 0) is 33.1 Å². The van der Waals surface area contributed by atoms with Crippen LogP contribution in [-0.2, 0) is 7.05 Å². The first-order valence-corrected chi connectivity index (χ1v) is 7.09. The van der Waals surface area contributed by atoms with Crippen LogP contribution in [0.2, 0.25) is 0 Å². The molecule has 0 saturated heterocycles. The first kappa shape index (κ1) is 13.6. The van der Waals surface area contributed by atoms with Crippen molar-refractivity contribution < 1.29 is 0 Å². The molecule has 2 unspecified atom stereocenters. The van der Waals surface area contributed by atoms with E-state index in [0.717, 1.165) is 11.8 Å². The van der Waals surface area contributed by atoms with Gasteiger partial charge in [0.15, 0.2) is 0 Å². The van der Waals surface area contributed by atoms with Gasteiger partial charge in [-0.2, -0.15) is 16.9 Å². The summed E-state index contributed by atoms with van der Waals surface area (Å²) >= 11 is 1.92. The van der Waals surface area contributed by atoms with E-state index in [2.05, 4.69) is 37.4 Å². The van der Waals surface area contributed by atoms with E-state index in [9.17, 15) is 0 Å². The van der Waals surface area contributed by atoms with Crippen LogP contribution >= 0.6 is 11.8 Å². The van der Waals surface area contributed by atoms with Gasteiger partial charge in [0.05, 0.1) is 6.20 Å². The molecule has 0 aliphatic rings. The predicted octanol–water partition coefficient (Wildman–Crippen LogP) is 2.52. The highest BCUT2D eigenvalue weighted by molar-refractivity contribution is 7.99. The molecule has 92 valence electrons. The predicted molar refractivity (Wildman–Crippen MR) is 72.0 cm³/mol. The summed E-state index contributed by atoms with van der Waals surface area (Å²) in [4.78, 5) is 0. The molecule has 0 aromatic carbocycles. The third-order valence-corrected chi connectivity index (χ3v) is 4.18. The van der Waals surface area contributed by atoms with Crippen LogP contribution in [-0.4, -0.2) is 27.8 Å². The number of aromatic nitrogens is 2. The Kier molecular flexibility index (Phi) is 5.35. The normalized spacial score (nSPS) is 15.1. The number of nitrogens with one attached hydrogen (secondary N) is 1. The summed E-state index contributed by atoms with van der Waals surface area (Å²) in [7, 11) is 1.99. The van der Waals surface area contributed by atoms with E-state index < -0.39 is 0 Å². The van der Waals surface area contributed by atoms with Gasteiger partial charge in [-0.15, -0.1) is 0 Å². The van der Waals surface area contributed by atoms with Gasteiger partial charge >= 0.3 is 0 Å². The number of hydrogen-bond acceptors (Lipinski definition) is 3. The molecule has 1 aromatic heterocycles. The fraction of sp³-hybridized carbons (Fsp3) is 0.750. The molecule has 1 heterocycles. The van der Waals surface area contributed by atoms with Gasteiger partial charge in [-0.1, -0.05) is 6.92 Å². The minimum Gasteiger partial charge on any atom is -0.310 e. The lowest BCUT2D eigenvalue weighted by molar-refractivity contribution is 0.555. The van der Waals surface area contributed by atoms with Crippen LogP contribution in [0.1, 0.15) is 37.6 Å². The number of nitrogens with zero attached hydrogens (tertiary/aromatic N) is 2. The second kappa shape index (κ2) is 6.30. The van der Waals surface area contributed by atoms with Gasteiger partial charge < -0.3 is 5.32 Å². The van der Waals surface area contributed by atoms with Crippen LogP contribution in [0.15, 0.2) is 6.20 Å². The van der Waals surface area contributed by atoms with Crippen LogP contribution < -0.4 is 5.32 Å². The maximum absolute atomic E-state index is 4.27. The maximum Gasteiger partial charge on any atom is 0.0540 e. The molecule has 1 N–H and O–H groups in total. The molecular weight excluding hydrogens is 218 g/mol. The van der Waals surface area contributed by atoms with Crippen molar-refractivity contribution in [2.45, 2.75) is 38.5 Å². The van der Waals surface area contributed by atoms with Gasteiger partial charge in [0.2, 0.25) is 0 Å². The standard InChI is InChI=1S/C12H23N3S/c1-9(16-5)6-7-13-10(2)12-8-14-15(4)11(12)3/h8-10,13H,6-7H2,1-5H3. The van der Waals surface area contributed by atoms with E-state index in [0.29, 0.717) is 6.04 Å². The summed E-state index contributed by atoms with van der Waals surface area (Å²) < 4.78 is 1.93. The summed E-state index contributed by atoms with van der Waals surface area (Å²) in [5.41, 5.74) is 2.55. The topological polar surface area (TPSA) is 29.9 Å². The molecule has 1 aromatic rings. The molecule has 4 heteroatoms. The smallest absolute Gasteiger partial charge is 0.0540 e. The second-order valence-corrected chi connectivity index (χ2v) is 5.60. The lowest BCUT2D eigenvalue weighted by atomic mass is 10.1. The zero-order valence-electron chi connectivity index (χ0n) is 10.9. The van der Waals surface area contributed by atoms with Gasteiger partial charge in [0, 0.05) is 29.6 Å². The molecule has 0 bridgehead atoms. The number of thioether (sulfide) groups is 1. The highest BCUT2D eigenvalue weighted by Crippen LogP contribution is 2.16. The molecule has 0 amide bonds. The Labute approximate surface area is 103 Å². The summed E-state index contributed by atoms with van der Waals surface area (Å²) in [6.45, 7) is 7.66. The van der Waals surface area contributed by atoms with E-state index in [-0.39, 0.29) is 0 Å². The highest BCUT2D eigenvalue weighted by atomic mass is 32.2. The number of rotatable bonds is 6. The van der Waals surface area contributed by atoms with Crippen molar-refractivity contribution in [1.29, 1.82) is 0 Å². The van der Waals surface area contributed by atoms with E-state index in [1.165, 1.54) is 17.7 Å². The molecule has 0 saturated carbocycles. The Morgan fingerprint density at radius 1 is 1.50 bits per heavy atom. The third-order valence-electron chi connectivity index (χ3n) is 3.14. The molecule has 0 spiro atoms. The van der Waals surface area contributed by atoms with Crippen molar-refractivity contribution in [3.63, 3.8) is 0 Å². The van der Waals surface area contributed by atoms with E-state index in [1.54, 1.807) is 0 Å². The third kappa shape index (κ3) is 3.52. The Bertz CT molecular complexity index is 322.